The minimum absolute atomic E-state index is 0.854. The zero-order chi connectivity index (χ0) is 14.6. The van der Waals surface area contributed by atoms with Crippen LogP contribution in [0.1, 0.15) is 45.1 Å². The van der Waals surface area contributed by atoms with E-state index in [1.807, 2.05) is 0 Å². The van der Waals surface area contributed by atoms with Gasteiger partial charge in [0.25, 0.3) is 0 Å². The first kappa shape index (κ1) is 17.9. The first-order valence-electron chi connectivity index (χ1n) is 7.74. The quantitative estimate of drug-likeness (QED) is 0.416. The highest BCUT2D eigenvalue weighted by molar-refractivity contribution is 9.10. The third-order valence-corrected chi connectivity index (χ3v) is 5.71. The minimum atomic E-state index is -1.41. The lowest BCUT2D eigenvalue weighted by atomic mass is 10.1. The molecule has 0 aromatic heterocycles. The van der Waals surface area contributed by atoms with Crippen LogP contribution in [0.5, 0.6) is 0 Å². The van der Waals surface area contributed by atoms with Crippen molar-refractivity contribution in [2.45, 2.75) is 52.0 Å². The van der Waals surface area contributed by atoms with Gasteiger partial charge in [0.2, 0.25) is 0 Å². The van der Waals surface area contributed by atoms with E-state index in [1.54, 1.807) is 0 Å². The summed E-state index contributed by atoms with van der Waals surface area (Å²) in [6.45, 7) is 6.01. The Morgan fingerprint density at radius 3 is 2.10 bits per heavy atom. The first-order valence-corrected chi connectivity index (χ1v) is 10.3. The van der Waals surface area contributed by atoms with Gasteiger partial charge in [-0.2, -0.15) is 0 Å². The molecule has 0 radical (unpaired) electrons. The molecule has 0 atom stereocenters. The molecule has 0 N–H and O–H groups in total. The van der Waals surface area contributed by atoms with Crippen molar-refractivity contribution in [2.75, 3.05) is 13.2 Å². The molecule has 0 heterocycles. The summed E-state index contributed by atoms with van der Waals surface area (Å²) in [6.07, 6.45) is 5.74. The monoisotopic (exact) mass is 358 g/mol. The molecule has 0 saturated heterocycles. The SMILES string of the molecule is CCCO[SiH](CCCCc1ccc(Br)cc1)OCCC. The average molecular weight is 359 g/mol. The highest BCUT2D eigenvalue weighted by Crippen LogP contribution is 2.14. The van der Waals surface area contributed by atoms with E-state index in [0.29, 0.717) is 0 Å². The molecular formula is C16H27BrO2Si. The van der Waals surface area contributed by atoms with Gasteiger partial charge in [-0.05, 0) is 49.4 Å². The first-order chi connectivity index (χ1) is 9.76. The van der Waals surface area contributed by atoms with Gasteiger partial charge in [0.05, 0.1) is 0 Å². The molecule has 0 aliphatic carbocycles. The standard InChI is InChI=1S/C16H27BrO2Si/c1-3-12-18-20(19-13-4-2)14-6-5-7-15-8-10-16(17)11-9-15/h8-11,20H,3-7,12-14H2,1-2H3. The van der Waals surface area contributed by atoms with Crippen molar-refractivity contribution in [1.82, 2.24) is 0 Å². The fraction of sp³-hybridized carbons (Fsp3) is 0.625. The van der Waals surface area contributed by atoms with E-state index in [0.717, 1.165) is 43.0 Å². The van der Waals surface area contributed by atoms with Crippen LogP contribution in [0.4, 0.5) is 0 Å². The van der Waals surface area contributed by atoms with Crippen molar-refractivity contribution in [3.63, 3.8) is 0 Å². The summed E-state index contributed by atoms with van der Waals surface area (Å²) >= 11 is 3.47. The van der Waals surface area contributed by atoms with Crippen molar-refractivity contribution in [3.8, 4) is 0 Å². The smallest absolute Gasteiger partial charge is 0.321 e. The van der Waals surface area contributed by atoms with Crippen LogP contribution in [0, 0.1) is 0 Å². The van der Waals surface area contributed by atoms with Crippen molar-refractivity contribution in [2.24, 2.45) is 0 Å². The Hall–Kier alpha value is -0.163. The Morgan fingerprint density at radius 1 is 0.950 bits per heavy atom. The second-order valence-electron chi connectivity index (χ2n) is 5.04. The molecule has 0 spiro atoms. The van der Waals surface area contributed by atoms with E-state index in [4.69, 9.17) is 8.85 Å². The molecule has 20 heavy (non-hydrogen) atoms. The van der Waals surface area contributed by atoms with E-state index in [9.17, 15) is 0 Å². The van der Waals surface area contributed by atoms with Crippen LogP contribution in [0.2, 0.25) is 6.04 Å². The number of unbranched alkanes of at least 4 members (excludes halogenated alkanes) is 1. The summed E-state index contributed by atoms with van der Waals surface area (Å²) in [7, 11) is -1.41. The normalized spacial score (nSPS) is 11.2. The number of rotatable bonds is 11. The van der Waals surface area contributed by atoms with Gasteiger partial charge in [0.1, 0.15) is 0 Å². The van der Waals surface area contributed by atoms with Gasteiger partial charge in [-0.3, -0.25) is 0 Å². The molecule has 0 bridgehead atoms. The lowest BCUT2D eigenvalue weighted by Gasteiger charge is -2.16. The Morgan fingerprint density at radius 2 is 1.55 bits per heavy atom. The van der Waals surface area contributed by atoms with Crippen LogP contribution in [0.25, 0.3) is 0 Å². The molecule has 1 rings (SSSR count). The van der Waals surface area contributed by atoms with Gasteiger partial charge in [0, 0.05) is 17.7 Å². The zero-order valence-corrected chi connectivity index (χ0v) is 15.5. The van der Waals surface area contributed by atoms with Gasteiger partial charge in [-0.25, -0.2) is 0 Å². The van der Waals surface area contributed by atoms with Crippen molar-refractivity contribution < 1.29 is 8.85 Å². The van der Waals surface area contributed by atoms with Gasteiger partial charge in [-0.1, -0.05) is 48.3 Å². The van der Waals surface area contributed by atoms with Crippen molar-refractivity contribution in [3.05, 3.63) is 34.3 Å². The van der Waals surface area contributed by atoms with E-state index >= 15 is 0 Å². The molecule has 0 unspecified atom stereocenters. The van der Waals surface area contributed by atoms with Crippen LogP contribution in [0.15, 0.2) is 28.7 Å². The lowest BCUT2D eigenvalue weighted by molar-refractivity contribution is 0.195. The van der Waals surface area contributed by atoms with Gasteiger partial charge in [-0.15, -0.1) is 0 Å². The summed E-state index contributed by atoms with van der Waals surface area (Å²) in [5, 5.41) is 0. The summed E-state index contributed by atoms with van der Waals surface area (Å²) in [4.78, 5) is 0. The van der Waals surface area contributed by atoms with E-state index < -0.39 is 9.28 Å². The van der Waals surface area contributed by atoms with Gasteiger partial charge < -0.3 is 8.85 Å². The largest absolute Gasteiger partial charge is 0.397 e. The molecule has 0 amide bonds. The molecular weight excluding hydrogens is 332 g/mol. The van der Waals surface area contributed by atoms with Crippen LogP contribution in [0.3, 0.4) is 0 Å². The average Bonchev–Trinajstić information content (AvgIpc) is 2.47. The number of hydrogen-bond acceptors (Lipinski definition) is 2. The van der Waals surface area contributed by atoms with Gasteiger partial charge in [0.15, 0.2) is 0 Å². The maximum atomic E-state index is 5.87. The number of aryl methyl sites for hydroxylation is 1. The van der Waals surface area contributed by atoms with E-state index in [2.05, 4.69) is 54.0 Å². The summed E-state index contributed by atoms with van der Waals surface area (Å²) < 4.78 is 12.9. The molecule has 114 valence electrons. The van der Waals surface area contributed by atoms with Crippen LogP contribution < -0.4 is 0 Å². The second-order valence-corrected chi connectivity index (χ2v) is 8.06. The maximum absolute atomic E-state index is 5.87. The topological polar surface area (TPSA) is 18.5 Å². The predicted molar refractivity (Wildman–Crippen MR) is 91.5 cm³/mol. The number of halogens is 1. The Bertz CT molecular complexity index is 335. The molecule has 1 aromatic carbocycles. The van der Waals surface area contributed by atoms with Crippen LogP contribution >= 0.6 is 15.9 Å². The van der Waals surface area contributed by atoms with Crippen LogP contribution in [-0.4, -0.2) is 22.5 Å². The molecule has 2 nitrogen and oxygen atoms in total. The fourth-order valence-corrected chi connectivity index (χ4v) is 4.32. The molecule has 0 saturated carbocycles. The minimum Gasteiger partial charge on any atom is -0.397 e. The number of benzene rings is 1. The molecule has 0 aliphatic rings. The maximum Gasteiger partial charge on any atom is 0.321 e. The Kier molecular flexibility index (Phi) is 10.3. The molecule has 4 heteroatoms. The van der Waals surface area contributed by atoms with Crippen molar-refractivity contribution >= 4 is 25.2 Å². The fourth-order valence-electron chi connectivity index (χ4n) is 2.00. The lowest BCUT2D eigenvalue weighted by Crippen LogP contribution is -2.23. The van der Waals surface area contributed by atoms with Gasteiger partial charge >= 0.3 is 9.28 Å². The second kappa shape index (κ2) is 11.5. The third kappa shape index (κ3) is 8.20. The zero-order valence-electron chi connectivity index (χ0n) is 12.7. The highest BCUT2D eigenvalue weighted by Gasteiger charge is 2.12. The highest BCUT2D eigenvalue weighted by atomic mass is 79.9. The van der Waals surface area contributed by atoms with Crippen LogP contribution in [-0.2, 0) is 15.3 Å². The summed E-state index contributed by atoms with van der Waals surface area (Å²) in [6, 6.07) is 9.75. The molecule has 0 aliphatic heterocycles. The Balaban J connectivity index is 2.19. The van der Waals surface area contributed by atoms with Crippen molar-refractivity contribution in [1.29, 1.82) is 0 Å². The third-order valence-electron chi connectivity index (χ3n) is 3.08. The molecule has 1 aromatic rings. The van der Waals surface area contributed by atoms with E-state index in [1.165, 1.54) is 18.4 Å². The number of hydrogen-bond donors (Lipinski definition) is 0. The molecule has 0 fully saturated rings. The predicted octanol–water partition coefficient (Wildman–Crippen LogP) is 4.85. The van der Waals surface area contributed by atoms with E-state index in [-0.39, 0.29) is 0 Å². The summed E-state index contributed by atoms with van der Waals surface area (Å²) in [5.41, 5.74) is 1.41. The summed E-state index contributed by atoms with van der Waals surface area (Å²) in [5.74, 6) is 0. The Labute approximate surface area is 133 Å².